The Morgan fingerprint density at radius 1 is 1.32 bits per heavy atom. The summed E-state index contributed by atoms with van der Waals surface area (Å²) in [5, 5.41) is 6.25. The molecule has 1 heterocycles. The van der Waals surface area contributed by atoms with Crippen LogP contribution in [0.3, 0.4) is 0 Å². The van der Waals surface area contributed by atoms with E-state index in [2.05, 4.69) is 24.5 Å². The van der Waals surface area contributed by atoms with Crippen LogP contribution in [-0.2, 0) is 9.59 Å². The van der Waals surface area contributed by atoms with E-state index in [9.17, 15) is 9.59 Å². The zero-order chi connectivity index (χ0) is 14.0. The molecule has 108 valence electrons. The lowest BCUT2D eigenvalue weighted by Gasteiger charge is -2.24. The Morgan fingerprint density at radius 3 is 2.58 bits per heavy atom. The summed E-state index contributed by atoms with van der Waals surface area (Å²) in [6, 6.07) is 0.0871. The highest BCUT2D eigenvalue weighted by Crippen LogP contribution is 2.23. The van der Waals surface area contributed by atoms with E-state index >= 15 is 0 Å². The maximum Gasteiger partial charge on any atom is 0.242 e. The second-order valence-corrected chi connectivity index (χ2v) is 6.13. The Hall–Kier alpha value is -1.10. The number of hydrogen-bond donors (Lipinski definition) is 2. The van der Waals surface area contributed by atoms with E-state index in [1.165, 1.54) is 12.8 Å². The average molecular weight is 267 g/mol. The van der Waals surface area contributed by atoms with Gasteiger partial charge in [-0.05, 0) is 32.1 Å². The van der Waals surface area contributed by atoms with Crippen LogP contribution >= 0.6 is 0 Å². The van der Waals surface area contributed by atoms with Gasteiger partial charge in [0.15, 0.2) is 0 Å². The number of likely N-dealkylation sites (tertiary alicyclic amines) is 1. The Labute approximate surface area is 115 Å². The highest BCUT2D eigenvalue weighted by atomic mass is 16.2. The van der Waals surface area contributed by atoms with Crippen LogP contribution in [0.4, 0.5) is 0 Å². The summed E-state index contributed by atoms with van der Waals surface area (Å²) >= 11 is 0. The first-order valence-electron chi connectivity index (χ1n) is 7.33. The Kier molecular flexibility index (Phi) is 4.45. The molecule has 5 heteroatoms. The maximum absolute atomic E-state index is 12.2. The summed E-state index contributed by atoms with van der Waals surface area (Å²) in [4.78, 5) is 25.9. The molecule has 2 unspecified atom stereocenters. The van der Waals surface area contributed by atoms with Crippen molar-refractivity contribution in [3.63, 3.8) is 0 Å². The second kappa shape index (κ2) is 5.90. The standard InChI is InChI=1S/C14H25N3O2/c1-9(2)8-15-13(18)10(3)17-7-6-12(14(17)19)16-11-4-5-11/h9-12,16H,4-8H2,1-3H3,(H,15,18). The Bertz CT molecular complexity index is 353. The number of amides is 2. The largest absolute Gasteiger partial charge is 0.354 e. The molecule has 1 saturated carbocycles. The molecule has 19 heavy (non-hydrogen) atoms. The normalized spacial score (nSPS) is 24.9. The maximum atomic E-state index is 12.2. The van der Waals surface area contributed by atoms with Crippen molar-refractivity contribution in [3.05, 3.63) is 0 Å². The SMILES string of the molecule is CC(C)CNC(=O)C(C)N1CCC(NC2CC2)C1=O. The molecule has 1 aliphatic carbocycles. The quantitative estimate of drug-likeness (QED) is 0.737. The lowest BCUT2D eigenvalue weighted by molar-refractivity contribution is -0.137. The lowest BCUT2D eigenvalue weighted by Crippen LogP contribution is -2.49. The molecule has 2 fully saturated rings. The van der Waals surface area contributed by atoms with Gasteiger partial charge < -0.3 is 15.5 Å². The minimum absolute atomic E-state index is 0.0471. The van der Waals surface area contributed by atoms with Crippen LogP contribution < -0.4 is 10.6 Å². The third-order valence-corrected chi connectivity index (χ3v) is 3.79. The lowest BCUT2D eigenvalue weighted by atomic mass is 10.2. The van der Waals surface area contributed by atoms with Gasteiger partial charge in [0.25, 0.3) is 0 Å². The molecule has 5 nitrogen and oxygen atoms in total. The number of nitrogens with zero attached hydrogens (tertiary/aromatic N) is 1. The first kappa shape index (κ1) is 14.3. The van der Waals surface area contributed by atoms with Crippen LogP contribution in [0, 0.1) is 5.92 Å². The average Bonchev–Trinajstić information content (AvgIpc) is 3.11. The van der Waals surface area contributed by atoms with Crippen LogP contribution in [-0.4, -0.2) is 47.9 Å². The van der Waals surface area contributed by atoms with Gasteiger partial charge in [-0.25, -0.2) is 0 Å². The molecule has 0 radical (unpaired) electrons. The molecule has 2 N–H and O–H groups in total. The smallest absolute Gasteiger partial charge is 0.242 e. The minimum atomic E-state index is -0.364. The van der Waals surface area contributed by atoms with Gasteiger partial charge in [0, 0.05) is 19.1 Å². The Balaban J connectivity index is 1.83. The third-order valence-electron chi connectivity index (χ3n) is 3.79. The summed E-state index contributed by atoms with van der Waals surface area (Å²) in [7, 11) is 0. The molecule has 2 aliphatic rings. The van der Waals surface area contributed by atoms with Crippen LogP contribution in [0.15, 0.2) is 0 Å². The summed E-state index contributed by atoms with van der Waals surface area (Å²) < 4.78 is 0. The number of rotatable bonds is 6. The molecule has 2 rings (SSSR count). The monoisotopic (exact) mass is 267 g/mol. The fourth-order valence-corrected chi connectivity index (χ4v) is 2.37. The molecular weight excluding hydrogens is 242 g/mol. The van der Waals surface area contributed by atoms with Gasteiger partial charge in [0.05, 0.1) is 6.04 Å². The van der Waals surface area contributed by atoms with Crippen molar-refractivity contribution in [2.75, 3.05) is 13.1 Å². The summed E-state index contributed by atoms with van der Waals surface area (Å²) in [5.74, 6) is 0.461. The van der Waals surface area contributed by atoms with Gasteiger partial charge in [-0.1, -0.05) is 13.8 Å². The van der Waals surface area contributed by atoms with Crippen LogP contribution in [0.1, 0.15) is 40.0 Å². The molecule has 1 saturated heterocycles. The van der Waals surface area contributed by atoms with E-state index in [0.717, 1.165) is 6.42 Å². The molecule has 0 spiro atoms. The van der Waals surface area contributed by atoms with Gasteiger partial charge in [-0.15, -0.1) is 0 Å². The van der Waals surface area contributed by atoms with Crippen molar-refractivity contribution in [3.8, 4) is 0 Å². The first-order valence-corrected chi connectivity index (χ1v) is 7.33. The van der Waals surface area contributed by atoms with Gasteiger partial charge in [0.2, 0.25) is 11.8 Å². The van der Waals surface area contributed by atoms with Gasteiger partial charge in [-0.2, -0.15) is 0 Å². The van der Waals surface area contributed by atoms with Crippen molar-refractivity contribution in [2.24, 2.45) is 5.92 Å². The van der Waals surface area contributed by atoms with Crippen molar-refractivity contribution < 1.29 is 9.59 Å². The van der Waals surface area contributed by atoms with Crippen molar-refractivity contribution in [1.82, 2.24) is 15.5 Å². The van der Waals surface area contributed by atoms with Crippen molar-refractivity contribution in [1.29, 1.82) is 0 Å². The summed E-state index contributed by atoms with van der Waals surface area (Å²) in [6.45, 7) is 7.27. The molecular formula is C14H25N3O2. The Morgan fingerprint density at radius 2 is 2.00 bits per heavy atom. The van der Waals surface area contributed by atoms with Crippen molar-refractivity contribution in [2.45, 2.75) is 58.2 Å². The van der Waals surface area contributed by atoms with Gasteiger partial charge >= 0.3 is 0 Å². The molecule has 0 aromatic heterocycles. The predicted octanol–water partition coefficient (Wildman–Crippen LogP) is 0.500. The van der Waals surface area contributed by atoms with Crippen LogP contribution in [0.25, 0.3) is 0 Å². The summed E-state index contributed by atoms with van der Waals surface area (Å²) in [5.41, 5.74) is 0. The zero-order valence-corrected chi connectivity index (χ0v) is 12.1. The molecule has 0 aromatic carbocycles. The van der Waals surface area contributed by atoms with Gasteiger partial charge in [-0.3, -0.25) is 9.59 Å². The summed E-state index contributed by atoms with van der Waals surface area (Å²) in [6.07, 6.45) is 3.17. The van der Waals surface area contributed by atoms with E-state index < -0.39 is 0 Å². The number of nitrogens with one attached hydrogen (secondary N) is 2. The topological polar surface area (TPSA) is 61.4 Å². The second-order valence-electron chi connectivity index (χ2n) is 6.13. The fourth-order valence-electron chi connectivity index (χ4n) is 2.37. The van der Waals surface area contributed by atoms with E-state index in [-0.39, 0.29) is 23.9 Å². The highest BCUT2D eigenvalue weighted by Gasteiger charge is 2.39. The fraction of sp³-hybridized carbons (Fsp3) is 0.857. The molecule has 2 atom stereocenters. The zero-order valence-electron chi connectivity index (χ0n) is 12.1. The minimum Gasteiger partial charge on any atom is -0.354 e. The van der Waals surface area contributed by atoms with E-state index in [1.807, 2.05) is 6.92 Å². The van der Waals surface area contributed by atoms with Crippen LogP contribution in [0.2, 0.25) is 0 Å². The molecule has 1 aliphatic heterocycles. The van der Waals surface area contributed by atoms with E-state index in [1.54, 1.807) is 4.90 Å². The number of carbonyl (C=O) groups excluding carboxylic acids is 2. The third kappa shape index (κ3) is 3.69. The van der Waals surface area contributed by atoms with Crippen molar-refractivity contribution >= 4 is 11.8 Å². The molecule has 0 aromatic rings. The number of carbonyl (C=O) groups is 2. The van der Waals surface area contributed by atoms with E-state index in [0.29, 0.717) is 25.0 Å². The van der Waals surface area contributed by atoms with Crippen LogP contribution in [0.5, 0.6) is 0 Å². The van der Waals surface area contributed by atoms with E-state index in [4.69, 9.17) is 0 Å². The number of hydrogen-bond acceptors (Lipinski definition) is 3. The van der Waals surface area contributed by atoms with Gasteiger partial charge in [0.1, 0.15) is 6.04 Å². The first-order chi connectivity index (χ1) is 8.99. The predicted molar refractivity (Wildman–Crippen MR) is 73.6 cm³/mol. The highest BCUT2D eigenvalue weighted by molar-refractivity contribution is 5.90. The molecule has 2 amide bonds. The molecule has 0 bridgehead atoms.